The number of hydrogen-bond donors (Lipinski definition) is 1. The van der Waals surface area contributed by atoms with Gasteiger partial charge in [0.2, 0.25) is 0 Å². The first-order chi connectivity index (χ1) is 4.68. The molecular weight excluding hydrogens is 171 g/mol. The van der Waals surface area contributed by atoms with Gasteiger partial charge in [-0.2, -0.15) is 0 Å². The van der Waals surface area contributed by atoms with Gasteiger partial charge in [0, 0.05) is 0 Å². The quantitative estimate of drug-likeness (QED) is 0.519. The second kappa shape index (κ2) is 5.87. The highest BCUT2D eigenvalue weighted by Gasteiger charge is 1.97. The molecule has 0 saturated heterocycles. The van der Waals surface area contributed by atoms with E-state index in [1.54, 1.807) is 0 Å². The summed E-state index contributed by atoms with van der Waals surface area (Å²) in [6.45, 7) is 2.11. The fourth-order valence-electron chi connectivity index (χ4n) is 0.633. The summed E-state index contributed by atoms with van der Waals surface area (Å²) in [5.74, 6) is 0. The molecule has 1 N–H and O–H groups in total. The smallest absolute Gasteiger partial charge is 0.199 e. The zero-order valence-electron chi connectivity index (χ0n) is 6.03. The normalized spacial score (nSPS) is 13.1. The molecule has 0 rings (SSSR count). The molecule has 0 unspecified atom stereocenters. The van der Waals surface area contributed by atoms with Crippen LogP contribution >= 0.6 is 23.2 Å². The molecule has 0 aliphatic carbocycles. The van der Waals surface area contributed by atoms with Gasteiger partial charge in [-0.25, -0.2) is 0 Å². The molecule has 0 amide bonds. The van der Waals surface area contributed by atoms with E-state index in [-0.39, 0.29) is 5.22 Å². The standard InChI is InChI=1S/C7H12Cl2O/c1-2-3-4-5-6(8)7(9)10/h10H,2-5H2,1H3. The van der Waals surface area contributed by atoms with Crippen LogP contribution in [-0.4, -0.2) is 5.11 Å². The van der Waals surface area contributed by atoms with Crippen LogP contribution in [0, 0.1) is 0 Å². The van der Waals surface area contributed by atoms with Gasteiger partial charge in [0.15, 0.2) is 5.22 Å². The van der Waals surface area contributed by atoms with Gasteiger partial charge >= 0.3 is 0 Å². The zero-order valence-corrected chi connectivity index (χ0v) is 7.54. The Balaban J connectivity index is 3.40. The molecule has 0 heterocycles. The van der Waals surface area contributed by atoms with Crippen LogP contribution in [0.5, 0.6) is 0 Å². The van der Waals surface area contributed by atoms with E-state index in [2.05, 4.69) is 6.92 Å². The average Bonchev–Trinajstić information content (AvgIpc) is 1.88. The van der Waals surface area contributed by atoms with Gasteiger partial charge in [0.25, 0.3) is 0 Å². The highest BCUT2D eigenvalue weighted by atomic mass is 35.5. The number of rotatable bonds is 4. The topological polar surface area (TPSA) is 20.2 Å². The molecule has 60 valence electrons. The SMILES string of the molecule is CCCCCC(Cl)=C(O)Cl. The van der Waals surface area contributed by atoms with Gasteiger partial charge in [0.05, 0.1) is 5.03 Å². The van der Waals surface area contributed by atoms with Crippen LogP contribution in [0.1, 0.15) is 32.6 Å². The van der Waals surface area contributed by atoms with E-state index in [9.17, 15) is 0 Å². The third-order valence-corrected chi connectivity index (χ3v) is 1.92. The minimum absolute atomic E-state index is 0.266. The molecule has 0 saturated carbocycles. The molecule has 10 heavy (non-hydrogen) atoms. The van der Waals surface area contributed by atoms with Crippen molar-refractivity contribution in [3.63, 3.8) is 0 Å². The minimum atomic E-state index is -0.266. The van der Waals surface area contributed by atoms with Crippen molar-refractivity contribution in [1.82, 2.24) is 0 Å². The van der Waals surface area contributed by atoms with Crippen molar-refractivity contribution in [2.45, 2.75) is 32.6 Å². The second-order valence-corrected chi connectivity index (χ2v) is 2.97. The van der Waals surface area contributed by atoms with Crippen molar-refractivity contribution < 1.29 is 5.11 Å². The van der Waals surface area contributed by atoms with E-state index in [1.807, 2.05) is 0 Å². The summed E-state index contributed by atoms with van der Waals surface area (Å²) < 4.78 is 0. The van der Waals surface area contributed by atoms with Crippen molar-refractivity contribution in [2.75, 3.05) is 0 Å². The lowest BCUT2D eigenvalue weighted by molar-refractivity contribution is 0.446. The molecule has 0 aromatic carbocycles. The zero-order chi connectivity index (χ0) is 7.98. The number of hydrogen-bond acceptors (Lipinski definition) is 1. The highest BCUT2D eigenvalue weighted by Crippen LogP contribution is 2.17. The Morgan fingerprint density at radius 1 is 1.30 bits per heavy atom. The molecule has 0 aromatic rings. The lowest BCUT2D eigenvalue weighted by Gasteiger charge is -1.96. The summed E-state index contributed by atoms with van der Waals surface area (Å²) >= 11 is 10.8. The van der Waals surface area contributed by atoms with E-state index in [0.29, 0.717) is 11.5 Å². The first-order valence-corrected chi connectivity index (χ1v) is 4.17. The number of aliphatic hydroxyl groups excluding tert-OH is 1. The molecule has 0 bridgehead atoms. The monoisotopic (exact) mass is 182 g/mol. The first-order valence-electron chi connectivity index (χ1n) is 3.41. The van der Waals surface area contributed by atoms with Crippen LogP contribution in [0.15, 0.2) is 10.3 Å². The maximum Gasteiger partial charge on any atom is 0.199 e. The first kappa shape index (κ1) is 10.1. The molecule has 0 spiro atoms. The van der Waals surface area contributed by atoms with Gasteiger partial charge in [0.1, 0.15) is 0 Å². The van der Waals surface area contributed by atoms with Gasteiger partial charge < -0.3 is 5.11 Å². The van der Waals surface area contributed by atoms with Crippen LogP contribution in [0.3, 0.4) is 0 Å². The molecular formula is C7H12Cl2O. The fraction of sp³-hybridized carbons (Fsp3) is 0.714. The van der Waals surface area contributed by atoms with Crippen LogP contribution < -0.4 is 0 Å². The maximum absolute atomic E-state index is 8.63. The molecule has 0 radical (unpaired) electrons. The second-order valence-electron chi connectivity index (χ2n) is 2.15. The van der Waals surface area contributed by atoms with E-state index in [1.165, 1.54) is 0 Å². The van der Waals surface area contributed by atoms with Gasteiger partial charge in [-0.15, -0.1) is 0 Å². The third kappa shape index (κ3) is 4.95. The van der Waals surface area contributed by atoms with Crippen molar-refractivity contribution in [3.05, 3.63) is 10.3 Å². The predicted molar refractivity (Wildman–Crippen MR) is 45.5 cm³/mol. The van der Waals surface area contributed by atoms with E-state index in [0.717, 1.165) is 19.3 Å². The Kier molecular flexibility index (Phi) is 5.94. The Hall–Kier alpha value is 0.120. The summed E-state index contributed by atoms with van der Waals surface area (Å²) in [6, 6.07) is 0. The van der Waals surface area contributed by atoms with Crippen molar-refractivity contribution in [1.29, 1.82) is 0 Å². The summed E-state index contributed by atoms with van der Waals surface area (Å²) in [6.07, 6.45) is 3.95. The van der Waals surface area contributed by atoms with Crippen molar-refractivity contribution in [3.8, 4) is 0 Å². The molecule has 1 nitrogen and oxygen atoms in total. The third-order valence-electron chi connectivity index (χ3n) is 1.22. The Morgan fingerprint density at radius 3 is 2.30 bits per heavy atom. The summed E-state index contributed by atoms with van der Waals surface area (Å²) in [4.78, 5) is 0. The van der Waals surface area contributed by atoms with Gasteiger partial charge in [-0.05, 0) is 24.4 Å². The number of halogens is 2. The largest absolute Gasteiger partial charge is 0.498 e. The summed E-state index contributed by atoms with van der Waals surface area (Å²) in [7, 11) is 0. The van der Waals surface area contributed by atoms with Crippen molar-refractivity contribution in [2.24, 2.45) is 0 Å². The van der Waals surface area contributed by atoms with Crippen LogP contribution in [0.25, 0.3) is 0 Å². The molecule has 0 atom stereocenters. The lowest BCUT2D eigenvalue weighted by Crippen LogP contribution is -1.79. The fourth-order valence-corrected chi connectivity index (χ4v) is 0.861. The van der Waals surface area contributed by atoms with Crippen LogP contribution in [0.4, 0.5) is 0 Å². The molecule has 0 aliphatic rings. The van der Waals surface area contributed by atoms with Gasteiger partial charge in [-0.1, -0.05) is 31.4 Å². The highest BCUT2D eigenvalue weighted by molar-refractivity contribution is 6.38. The number of unbranched alkanes of at least 4 members (excludes halogenated alkanes) is 2. The molecule has 0 aliphatic heterocycles. The molecule has 0 fully saturated rings. The molecule has 3 heteroatoms. The van der Waals surface area contributed by atoms with Crippen LogP contribution in [-0.2, 0) is 0 Å². The summed E-state index contributed by atoms with van der Waals surface area (Å²) in [5.41, 5.74) is 0. The number of aliphatic hydroxyl groups is 1. The predicted octanol–water partition coefficient (Wildman–Crippen LogP) is 3.77. The Morgan fingerprint density at radius 2 is 1.90 bits per heavy atom. The Bertz CT molecular complexity index is 117. The van der Waals surface area contributed by atoms with E-state index < -0.39 is 0 Å². The average molecular weight is 183 g/mol. The lowest BCUT2D eigenvalue weighted by atomic mass is 10.2. The van der Waals surface area contributed by atoms with Crippen molar-refractivity contribution >= 4 is 23.2 Å². The Labute approximate surface area is 71.6 Å². The number of allylic oxidation sites excluding steroid dienone is 1. The summed E-state index contributed by atoms with van der Waals surface area (Å²) in [5, 5.41) is 8.74. The van der Waals surface area contributed by atoms with Crippen LogP contribution in [0.2, 0.25) is 0 Å². The minimum Gasteiger partial charge on any atom is -0.498 e. The molecule has 0 aromatic heterocycles. The maximum atomic E-state index is 8.63. The van der Waals surface area contributed by atoms with E-state index in [4.69, 9.17) is 28.3 Å². The van der Waals surface area contributed by atoms with E-state index >= 15 is 0 Å². The van der Waals surface area contributed by atoms with Gasteiger partial charge in [-0.3, -0.25) is 0 Å².